The molecule has 0 saturated carbocycles. The minimum Gasteiger partial charge on any atom is -0.302 e. The summed E-state index contributed by atoms with van der Waals surface area (Å²) in [6.45, 7) is 3.45. The van der Waals surface area contributed by atoms with Gasteiger partial charge in [0.1, 0.15) is 12.2 Å². The van der Waals surface area contributed by atoms with Crippen LogP contribution in [0.2, 0.25) is 0 Å². The van der Waals surface area contributed by atoms with Crippen LogP contribution in [0, 0.1) is 0 Å². The lowest BCUT2D eigenvalue weighted by Crippen LogP contribution is -2.46. The molecule has 3 rings (SSSR count). The second-order valence-electron chi connectivity index (χ2n) is 5.50. The number of hydrogen-bond donors (Lipinski definition) is 0. The van der Waals surface area contributed by atoms with E-state index in [0.717, 1.165) is 15.3 Å². The number of alkyl halides is 2. The van der Waals surface area contributed by atoms with Crippen LogP contribution in [0.5, 0.6) is 0 Å². The summed E-state index contributed by atoms with van der Waals surface area (Å²) in [6.07, 6.45) is -1.17. The Labute approximate surface area is 137 Å². The second kappa shape index (κ2) is 6.31. The average molecular weight is 337 g/mol. The standard InChI is InChI=1S/C16H17F2N3OS/c1-10-11(2)23-14-6-4-3-5-12(14)21(10)16(22)13-7-8-19-20(13)9-15(17)18/h3-8,10-11,15H,9H2,1-2H3/t10-,11-/m1/s1. The van der Waals surface area contributed by atoms with Crippen LogP contribution >= 0.6 is 11.8 Å². The molecule has 0 saturated heterocycles. The van der Waals surface area contributed by atoms with Crippen LogP contribution in [0.1, 0.15) is 24.3 Å². The summed E-state index contributed by atoms with van der Waals surface area (Å²) < 4.78 is 26.4. The van der Waals surface area contributed by atoms with Gasteiger partial charge in [-0.05, 0) is 25.1 Å². The van der Waals surface area contributed by atoms with Crippen LogP contribution in [0.4, 0.5) is 14.5 Å². The van der Waals surface area contributed by atoms with Gasteiger partial charge in [0.05, 0.1) is 5.69 Å². The van der Waals surface area contributed by atoms with Crippen molar-refractivity contribution < 1.29 is 13.6 Å². The number of hydrogen-bond acceptors (Lipinski definition) is 3. The molecule has 0 fully saturated rings. The Kier molecular flexibility index (Phi) is 4.39. The third-order valence-electron chi connectivity index (χ3n) is 3.99. The lowest BCUT2D eigenvalue weighted by Gasteiger charge is -2.38. The fourth-order valence-electron chi connectivity index (χ4n) is 2.69. The first-order valence-corrected chi connectivity index (χ1v) is 8.26. The first-order chi connectivity index (χ1) is 11.0. The van der Waals surface area contributed by atoms with E-state index >= 15 is 0 Å². The first-order valence-electron chi connectivity index (χ1n) is 7.38. The lowest BCUT2D eigenvalue weighted by molar-refractivity contribution is 0.0946. The Hall–Kier alpha value is -1.89. The molecule has 0 radical (unpaired) electrons. The quantitative estimate of drug-likeness (QED) is 0.857. The fraction of sp³-hybridized carbons (Fsp3) is 0.375. The summed E-state index contributed by atoms with van der Waals surface area (Å²) in [5.41, 5.74) is 1.00. The van der Waals surface area contributed by atoms with Crippen LogP contribution in [0.15, 0.2) is 41.4 Å². The van der Waals surface area contributed by atoms with Gasteiger partial charge in [0.15, 0.2) is 0 Å². The zero-order valence-electron chi connectivity index (χ0n) is 12.8. The number of thioether (sulfide) groups is 1. The molecule has 4 nitrogen and oxygen atoms in total. The van der Waals surface area contributed by atoms with Gasteiger partial charge in [0.25, 0.3) is 12.3 Å². The maximum Gasteiger partial charge on any atom is 0.276 e. The molecule has 1 amide bonds. The molecular formula is C16H17F2N3OS. The van der Waals surface area contributed by atoms with Crippen LogP contribution in [0.25, 0.3) is 0 Å². The molecule has 1 aliphatic rings. The van der Waals surface area contributed by atoms with Gasteiger partial charge in [-0.1, -0.05) is 19.1 Å². The van der Waals surface area contributed by atoms with E-state index in [2.05, 4.69) is 12.0 Å². The number of anilines is 1. The highest BCUT2D eigenvalue weighted by Crippen LogP contribution is 2.41. The Morgan fingerprint density at radius 3 is 2.78 bits per heavy atom. The maximum atomic E-state index is 13.0. The molecule has 2 heterocycles. The number of aromatic nitrogens is 2. The maximum absolute atomic E-state index is 13.0. The van der Waals surface area contributed by atoms with E-state index in [1.165, 1.54) is 12.3 Å². The van der Waals surface area contributed by atoms with E-state index < -0.39 is 13.0 Å². The molecule has 1 aromatic heterocycles. The van der Waals surface area contributed by atoms with Crippen molar-refractivity contribution in [1.82, 2.24) is 9.78 Å². The number of nitrogens with zero attached hydrogens (tertiary/aromatic N) is 3. The van der Waals surface area contributed by atoms with E-state index in [-0.39, 0.29) is 22.9 Å². The largest absolute Gasteiger partial charge is 0.302 e. The lowest BCUT2D eigenvalue weighted by atomic mass is 10.1. The highest BCUT2D eigenvalue weighted by atomic mass is 32.2. The first kappa shape index (κ1) is 16.0. The molecule has 0 spiro atoms. The molecule has 2 aromatic rings. The highest BCUT2D eigenvalue weighted by Gasteiger charge is 2.35. The van der Waals surface area contributed by atoms with Gasteiger partial charge in [-0.25, -0.2) is 8.78 Å². The van der Waals surface area contributed by atoms with Gasteiger partial charge in [0.2, 0.25) is 0 Å². The van der Waals surface area contributed by atoms with Crippen molar-refractivity contribution in [1.29, 1.82) is 0 Å². The van der Waals surface area contributed by atoms with Crippen LogP contribution in [-0.4, -0.2) is 33.4 Å². The number of halogens is 2. The average Bonchev–Trinajstić information content (AvgIpc) is 2.95. The van der Waals surface area contributed by atoms with Crippen molar-refractivity contribution in [3.8, 4) is 0 Å². The normalized spacial score (nSPS) is 20.7. The molecule has 0 bridgehead atoms. The third-order valence-corrected chi connectivity index (χ3v) is 5.35. The summed E-state index contributed by atoms with van der Waals surface area (Å²) in [6, 6.07) is 9.11. The van der Waals surface area contributed by atoms with Gasteiger partial charge in [-0.15, -0.1) is 11.8 Å². The molecule has 2 atom stereocenters. The molecule has 0 N–H and O–H groups in total. The second-order valence-corrected chi connectivity index (χ2v) is 6.92. The van der Waals surface area contributed by atoms with Crippen LogP contribution in [-0.2, 0) is 6.54 Å². The molecule has 1 aliphatic heterocycles. The number of benzene rings is 1. The van der Waals surface area contributed by atoms with Crippen molar-refractivity contribution in [2.45, 2.75) is 43.0 Å². The predicted octanol–water partition coefficient (Wildman–Crippen LogP) is 3.68. The van der Waals surface area contributed by atoms with Crippen LogP contribution in [0.3, 0.4) is 0 Å². The summed E-state index contributed by atoms with van der Waals surface area (Å²) in [4.78, 5) is 15.7. The zero-order valence-corrected chi connectivity index (χ0v) is 13.6. The summed E-state index contributed by atoms with van der Waals surface area (Å²) in [5.74, 6) is -0.296. The van der Waals surface area contributed by atoms with Crippen molar-refractivity contribution in [2.75, 3.05) is 4.90 Å². The van der Waals surface area contributed by atoms with Gasteiger partial charge in [-0.3, -0.25) is 9.48 Å². The van der Waals surface area contributed by atoms with E-state index in [1.54, 1.807) is 16.7 Å². The summed E-state index contributed by atoms with van der Waals surface area (Å²) in [5, 5.41) is 4.06. The smallest absolute Gasteiger partial charge is 0.276 e. The Morgan fingerprint density at radius 2 is 2.04 bits per heavy atom. The fourth-order valence-corrected chi connectivity index (χ4v) is 3.86. The topological polar surface area (TPSA) is 38.1 Å². The van der Waals surface area contributed by atoms with Crippen molar-refractivity contribution in [3.63, 3.8) is 0 Å². The minimum atomic E-state index is -2.55. The molecule has 1 aromatic carbocycles. The number of amides is 1. The van der Waals surface area contributed by atoms with Gasteiger partial charge in [0, 0.05) is 22.4 Å². The van der Waals surface area contributed by atoms with E-state index in [9.17, 15) is 13.6 Å². The van der Waals surface area contributed by atoms with Gasteiger partial charge >= 0.3 is 0 Å². The van der Waals surface area contributed by atoms with E-state index in [4.69, 9.17) is 0 Å². The molecule has 23 heavy (non-hydrogen) atoms. The third kappa shape index (κ3) is 2.97. The van der Waals surface area contributed by atoms with E-state index in [0.29, 0.717) is 0 Å². The monoisotopic (exact) mass is 337 g/mol. The Balaban J connectivity index is 2.00. The van der Waals surface area contributed by atoms with Gasteiger partial charge in [-0.2, -0.15) is 5.10 Å². The van der Waals surface area contributed by atoms with Crippen molar-refractivity contribution in [3.05, 3.63) is 42.2 Å². The zero-order chi connectivity index (χ0) is 16.6. The number of fused-ring (bicyclic) bond motifs is 1. The SMILES string of the molecule is C[C@@H]1[C@@H](C)Sc2ccccc2N1C(=O)c1ccnn1CC(F)F. The molecule has 122 valence electrons. The number of carbonyl (C=O) groups is 1. The number of carbonyl (C=O) groups excluding carboxylic acids is 1. The molecule has 0 unspecified atom stereocenters. The summed E-state index contributed by atoms with van der Waals surface area (Å²) in [7, 11) is 0. The van der Waals surface area contributed by atoms with Crippen molar-refractivity contribution >= 4 is 23.4 Å². The van der Waals surface area contributed by atoms with Gasteiger partial charge < -0.3 is 4.90 Å². The highest BCUT2D eigenvalue weighted by molar-refractivity contribution is 8.00. The molecular weight excluding hydrogens is 320 g/mol. The van der Waals surface area contributed by atoms with Crippen LogP contribution < -0.4 is 4.90 Å². The Bertz CT molecular complexity index is 719. The number of para-hydroxylation sites is 1. The molecule has 7 heteroatoms. The van der Waals surface area contributed by atoms with Crippen molar-refractivity contribution in [2.24, 2.45) is 0 Å². The number of rotatable bonds is 3. The molecule has 0 aliphatic carbocycles. The summed E-state index contributed by atoms with van der Waals surface area (Å²) >= 11 is 1.72. The van der Waals surface area contributed by atoms with E-state index in [1.807, 2.05) is 31.2 Å². The minimum absolute atomic E-state index is 0.0442. The Morgan fingerprint density at radius 1 is 1.30 bits per heavy atom. The predicted molar refractivity (Wildman–Crippen MR) is 86.3 cm³/mol.